The molecule has 0 aliphatic rings. The van der Waals surface area contributed by atoms with E-state index in [0.717, 1.165) is 21.8 Å². The van der Waals surface area contributed by atoms with E-state index >= 15 is 0 Å². The van der Waals surface area contributed by atoms with Crippen molar-refractivity contribution in [3.63, 3.8) is 0 Å². The number of nitrogens with zero attached hydrogens (tertiary/aromatic N) is 2. The van der Waals surface area contributed by atoms with Crippen molar-refractivity contribution in [3.8, 4) is 10.4 Å². The van der Waals surface area contributed by atoms with Gasteiger partial charge in [0.15, 0.2) is 11.0 Å². The minimum absolute atomic E-state index is 0.0203. The van der Waals surface area contributed by atoms with E-state index in [1.807, 2.05) is 44.2 Å². The SMILES string of the molecule is CC(C)N(c1cc(-c2ccccc2)sc1C(=O)O)S(=O)c1ccc(Cl)nc1Cl. The van der Waals surface area contributed by atoms with E-state index in [1.165, 1.54) is 16.4 Å². The maximum Gasteiger partial charge on any atom is 0.348 e. The fraction of sp³-hybridized carbons (Fsp3) is 0.158. The highest BCUT2D eigenvalue weighted by Gasteiger charge is 2.28. The molecule has 1 aromatic carbocycles. The zero-order chi connectivity index (χ0) is 20.4. The molecule has 0 amide bonds. The van der Waals surface area contributed by atoms with Crippen LogP contribution < -0.4 is 4.31 Å². The molecule has 146 valence electrons. The molecule has 28 heavy (non-hydrogen) atoms. The van der Waals surface area contributed by atoms with Crippen molar-refractivity contribution in [1.29, 1.82) is 0 Å². The summed E-state index contributed by atoms with van der Waals surface area (Å²) in [6.45, 7) is 3.67. The van der Waals surface area contributed by atoms with Crippen LogP contribution in [0.25, 0.3) is 10.4 Å². The molecular weight excluding hydrogens is 439 g/mol. The number of carboxylic acid groups (broad SMARTS) is 1. The molecular formula is C19H16Cl2N2O3S2. The summed E-state index contributed by atoms with van der Waals surface area (Å²) in [6, 6.07) is 14.0. The Morgan fingerprint density at radius 1 is 1.18 bits per heavy atom. The van der Waals surface area contributed by atoms with E-state index in [9.17, 15) is 14.1 Å². The highest BCUT2D eigenvalue weighted by molar-refractivity contribution is 7.86. The molecule has 0 bridgehead atoms. The standard InChI is InChI=1S/C19H16Cl2N2O3S2/c1-11(2)23(28(26)15-8-9-16(20)22-18(15)21)13-10-14(27-17(13)19(24)25)12-6-4-3-5-7-12/h3-11H,1-2H3,(H,24,25). The first-order chi connectivity index (χ1) is 13.3. The van der Waals surface area contributed by atoms with Crippen molar-refractivity contribution < 1.29 is 14.1 Å². The molecule has 2 heterocycles. The van der Waals surface area contributed by atoms with Crippen molar-refractivity contribution >= 4 is 57.2 Å². The van der Waals surface area contributed by atoms with E-state index in [2.05, 4.69) is 4.98 Å². The number of pyridine rings is 1. The molecule has 0 spiro atoms. The van der Waals surface area contributed by atoms with Crippen LogP contribution in [0.15, 0.2) is 53.4 Å². The summed E-state index contributed by atoms with van der Waals surface area (Å²) >= 11 is 13.1. The minimum atomic E-state index is -1.77. The molecule has 0 aliphatic carbocycles. The average molecular weight is 455 g/mol. The number of hydrogen-bond donors (Lipinski definition) is 1. The monoisotopic (exact) mass is 454 g/mol. The molecule has 0 saturated carbocycles. The summed E-state index contributed by atoms with van der Waals surface area (Å²) in [5.41, 5.74) is 1.26. The van der Waals surface area contributed by atoms with Crippen LogP contribution in [-0.2, 0) is 11.0 Å². The lowest BCUT2D eigenvalue weighted by Crippen LogP contribution is -2.33. The molecule has 0 saturated heterocycles. The fourth-order valence-corrected chi connectivity index (χ4v) is 5.52. The second-order valence-corrected chi connectivity index (χ2v) is 9.22. The van der Waals surface area contributed by atoms with Crippen LogP contribution in [0.2, 0.25) is 10.3 Å². The van der Waals surface area contributed by atoms with E-state index in [0.29, 0.717) is 5.69 Å². The molecule has 9 heteroatoms. The number of aromatic carboxylic acids is 1. The van der Waals surface area contributed by atoms with Gasteiger partial charge in [0.1, 0.15) is 15.2 Å². The number of carboxylic acids is 1. The molecule has 1 unspecified atom stereocenters. The molecule has 1 N–H and O–H groups in total. The number of aromatic nitrogens is 1. The van der Waals surface area contributed by atoms with E-state index in [4.69, 9.17) is 23.2 Å². The summed E-state index contributed by atoms with van der Waals surface area (Å²) < 4.78 is 14.9. The van der Waals surface area contributed by atoms with Crippen molar-refractivity contribution in [2.45, 2.75) is 24.8 Å². The number of thiophene rings is 1. The summed E-state index contributed by atoms with van der Waals surface area (Å²) in [7, 11) is -1.77. The van der Waals surface area contributed by atoms with E-state index < -0.39 is 17.0 Å². The normalized spacial score (nSPS) is 12.2. The minimum Gasteiger partial charge on any atom is -0.477 e. The number of carbonyl (C=O) groups is 1. The Hall–Kier alpha value is -1.93. The van der Waals surface area contributed by atoms with Gasteiger partial charge in [-0.25, -0.2) is 14.0 Å². The van der Waals surface area contributed by atoms with Gasteiger partial charge in [0, 0.05) is 10.9 Å². The van der Waals surface area contributed by atoms with Crippen LogP contribution in [0.1, 0.15) is 23.5 Å². The van der Waals surface area contributed by atoms with Crippen molar-refractivity contribution in [1.82, 2.24) is 4.98 Å². The molecule has 0 radical (unpaired) electrons. The van der Waals surface area contributed by atoms with Crippen molar-refractivity contribution in [3.05, 3.63) is 63.7 Å². The van der Waals surface area contributed by atoms with Crippen LogP contribution in [0.5, 0.6) is 0 Å². The zero-order valence-electron chi connectivity index (χ0n) is 14.9. The van der Waals surface area contributed by atoms with Crippen LogP contribution >= 0.6 is 34.5 Å². The van der Waals surface area contributed by atoms with E-state index in [-0.39, 0.29) is 26.1 Å². The second-order valence-electron chi connectivity index (χ2n) is 6.09. The highest BCUT2D eigenvalue weighted by atomic mass is 35.5. The van der Waals surface area contributed by atoms with Crippen molar-refractivity contribution in [2.24, 2.45) is 0 Å². The number of hydrogen-bond acceptors (Lipinski definition) is 4. The molecule has 2 aromatic heterocycles. The fourth-order valence-electron chi connectivity index (χ4n) is 2.64. The quantitative estimate of drug-likeness (QED) is 0.481. The lowest BCUT2D eigenvalue weighted by atomic mass is 10.2. The van der Waals surface area contributed by atoms with Gasteiger partial charge in [-0.1, -0.05) is 53.5 Å². The third-order valence-electron chi connectivity index (χ3n) is 3.82. The summed E-state index contributed by atoms with van der Waals surface area (Å²) in [6.07, 6.45) is 0. The van der Waals surface area contributed by atoms with Crippen molar-refractivity contribution in [2.75, 3.05) is 4.31 Å². The van der Waals surface area contributed by atoms with Gasteiger partial charge in [-0.3, -0.25) is 4.31 Å². The number of benzene rings is 1. The van der Waals surface area contributed by atoms with Gasteiger partial charge in [0.25, 0.3) is 0 Å². The van der Waals surface area contributed by atoms with Crippen LogP contribution in [0.3, 0.4) is 0 Å². The molecule has 0 aliphatic heterocycles. The predicted molar refractivity (Wildman–Crippen MR) is 115 cm³/mol. The molecule has 3 aromatic rings. The lowest BCUT2D eigenvalue weighted by Gasteiger charge is -2.27. The van der Waals surface area contributed by atoms with Crippen LogP contribution in [0.4, 0.5) is 5.69 Å². The Kier molecular flexibility index (Phi) is 6.40. The third-order valence-corrected chi connectivity index (χ3v) is 7.27. The highest BCUT2D eigenvalue weighted by Crippen LogP contribution is 2.39. The molecule has 3 rings (SSSR count). The van der Waals surface area contributed by atoms with Crippen LogP contribution in [0, 0.1) is 0 Å². The van der Waals surface area contributed by atoms with Gasteiger partial charge in [-0.2, -0.15) is 0 Å². The van der Waals surface area contributed by atoms with Gasteiger partial charge >= 0.3 is 5.97 Å². The average Bonchev–Trinajstić information content (AvgIpc) is 3.07. The first kappa shape index (κ1) is 20.8. The first-order valence-corrected chi connectivity index (χ1v) is 10.9. The van der Waals surface area contributed by atoms with Gasteiger partial charge in [-0.15, -0.1) is 11.3 Å². The Labute approximate surface area is 179 Å². The number of halogens is 2. The van der Waals surface area contributed by atoms with Gasteiger partial charge in [-0.05, 0) is 37.6 Å². The molecule has 1 atom stereocenters. The predicted octanol–water partition coefficient (Wildman–Crippen LogP) is 5.75. The number of rotatable bonds is 6. The first-order valence-electron chi connectivity index (χ1n) is 8.25. The summed E-state index contributed by atoms with van der Waals surface area (Å²) in [4.78, 5) is 17.0. The Bertz CT molecular complexity index is 1040. The molecule has 0 fully saturated rings. The van der Waals surface area contributed by atoms with Gasteiger partial charge in [0.05, 0.1) is 10.6 Å². The number of anilines is 1. The lowest BCUT2D eigenvalue weighted by molar-refractivity contribution is 0.0703. The second kappa shape index (κ2) is 8.61. The largest absolute Gasteiger partial charge is 0.477 e. The molecule has 5 nitrogen and oxygen atoms in total. The zero-order valence-corrected chi connectivity index (χ0v) is 18.1. The maximum absolute atomic E-state index is 13.3. The Balaban J connectivity index is 2.13. The smallest absolute Gasteiger partial charge is 0.348 e. The summed E-state index contributed by atoms with van der Waals surface area (Å²) in [5.74, 6) is -1.08. The van der Waals surface area contributed by atoms with E-state index in [1.54, 1.807) is 6.07 Å². The Morgan fingerprint density at radius 2 is 1.86 bits per heavy atom. The summed E-state index contributed by atoms with van der Waals surface area (Å²) in [5, 5.41) is 9.94. The van der Waals surface area contributed by atoms with Crippen LogP contribution in [-0.4, -0.2) is 26.3 Å². The topological polar surface area (TPSA) is 70.5 Å². The van der Waals surface area contributed by atoms with Gasteiger partial charge in [0.2, 0.25) is 0 Å². The third kappa shape index (κ3) is 4.22. The maximum atomic E-state index is 13.3. The van der Waals surface area contributed by atoms with Gasteiger partial charge < -0.3 is 5.11 Å². The Morgan fingerprint density at radius 3 is 2.43 bits per heavy atom.